The van der Waals surface area contributed by atoms with Crippen LogP contribution in [0.25, 0.3) is 0 Å². The fraction of sp³-hybridized carbons (Fsp3) is 0.611. The fourth-order valence-corrected chi connectivity index (χ4v) is 3.23. The van der Waals surface area contributed by atoms with Crippen LogP contribution in [-0.2, 0) is 11.2 Å². The van der Waals surface area contributed by atoms with Gasteiger partial charge in [-0.3, -0.25) is 4.79 Å². The van der Waals surface area contributed by atoms with Gasteiger partial charge in [0.25, 0.3) is 0 Å². The number of amides is 1. The van der Waals surface area contributed by atoms with Crippen molar-refractivity contribution in [2.45, 2.75) is 38.6 Å². The molecule has 1 amide bonds. The van der Waals surface area contributed by atoms with Crippen LogP contribution in [0.5, 0.6) is 11.5 Å². The maximum atomic E-state index is 12.5. The number of carbonyl (C=O) groups excluding carboxylic acids is 1. The first-order chi connectivity index (χ1) is 11.1. The zero-order valence-corrected chi connectivity index (χ0v) is 14.4. The van der Waals surface area contributed by atoms with Crippen molar-refractivity contribution in [2.75, 3.05) is 27.3 Å². The molecular formula is C18H28N2O3. The van der Waals surface area contributed by atoms with Crippen molar-refractivity contribution >= 4 is 5.91 Å². The zero-order valence-electron chi connectivity index (χ0n) is 14.4. The average Bonchev–Trinajstić information content (AvgIpc) is 2.59. The number of benzene rings is 1. The van der Waals surface area contributed by atoms with Gasteiger partial charge in [-0.25, -0.2) is 0 Å². The maximum Gasteiger partial charge on any atom is 0.223 e. The van der Waals surface area contributed by atoms with E-state index in [1.807, 2.05) is 23.1 Å². The molecule has 0 radical (unpaired) electrons. The number of rotatable bonds is 6. The predicted molar refractivity (Wildman–Crippen MR) is 90.8 cm³/mol. The van der Waals surface area contributed by atoms with E-state index in [9.17, 15) is 4.79 Å². The smallest absolute Gasteiger partial charge is 0.223 e. The van der Waals surface area contributed by atoms with Gasteiger partial charge in [-0.2, -0.15) is 0 Å². The molecule has 1 aromatic carbocycles. The molecule has 1 saturated heterocycles. The second kappa shape index (κ2) is 8.20. The topological polar surface area (TPSA) is 64.8 Å². The Morgan fingerprint density at radius 2 is 2.04 bits per heavy atom. The molecule has 2 atom stereocenters. The van der Waals surface area contributed by atoms with Crippen LogP contribution in [0.1, 0.15) is 31.7 Å². The summed E-state index contributed by atoms with van der Waals surface area (Å²) in [7, 11) is 3.24. The number of ether oxygens (including phenoxy) is 2. The summed E-state index contributed by atoms with van der Waals surface area (Å²) in [5, 5.41) is 0. The van der Waals surface area contributed by atoms with Gasteiger partial charge >= 0.3 is 0 Å². The molecule has 23 heavy (non-hydrogen) atoms. The minimum absolute atomic E-state index is 0.191. The summed E-state index contributed by atoms with van der Waals surface area (Å²) in [5.74, 6) is 2.25. The number of hydrogen-bond donors (Lipinski definition) is 1. The molecule has 2 N–H and O–H groups in total. The van der Waals surface area contributed by atoms with Crippen LogP contribution >= 0.6 is 0 Å². The van der Waals surface area contributed by atoms with Gasteiger partial charge in [0.1, 0.15) is 0 Å². The van der Waals surface area contributed by atoms with Crippen LogP contribution in [0.15, 0.2) is 18.2 Å². The van der Waals surface area contributed by atoms with E-state index in [2.05, 4.69) is 6.92 Å². The molecule has 1 aliphatic heterocycles. The second-order valence-corrected chi connectivity index (χ2v) is 6.30. The third-order valence-electron chi connectivity index (χ3n) is 4.65. The first-order valence-corrected chi connectivity index (χ1v) is 8.29. The lowest BCUT2D eigenvalue weighted by molar-refractivity contribution is -0.135. The Kier molecular flexibility index (Phi) is 6.28. The number of nitrogens with zero attached hydrogens (tertiary/aromatic N) is 1. The van der Waals surface area contributed by atoms with Crippen LogP contribution in [0.4, 0.5) is 0 Å². The van der Waals surface area contributed by atoms with Crippen molar-refractivity contribution in [3.05, 3.63) is 23.8 Å². The Morgan fingerprint density at radius 3 is 2.70 bits per heavy atom. The molecule has 0 spiro atoms. The van der Waals surface area contributed by atoms with E-state index in [0.717, 1.165) is 24.9 Å². The average molecular weight is 320 g/mol. The SMILES string of the molecule is COc1ccc(CCC(=O)N2CCC(C)CC2CN)cc1OC. The van der Waals surface area contributed by atoms with Crippen molar-refractivity contribution in [2.24, 2.45) is 11.7 Å². The van der Waals surface area contributed by atoms with Crippen LogP contribution < -0.4 is 15.2 Å². The Labute approximate surface area is 138 Å². The molecule has 0 aromatic heterocycles. The lowest BCUT2D eigenvalue weighted by atomic mass is 9.92. The highest BCUT2D eigenvalue weighted by atomic mass is 16.5. The Bertz CT molecular complexity index is 533. The monoisotopic (exact) mass is 320 g/mol. The van der Waals surface area contributed by atoms with Crippen LogP contribution in [0.3, 0.4) is 0 Å². The highest BCUT2D eigenvalue weighted by Gasteiger charge is 2.28. The number of nitrogens with two attached hydrogens (primary N) is 1. The van der Waals surface area contributed by atoms with E-state index in [1.165, 1.54) is 0 Å². The molecule has 0 bridgehead atoms. The lowest BCUT2D eigenvalue weighted by Crippen LogP contribution is -2.49. The first kappa shape index (κ1) is 17.6. The van der Waals surface area contributed by atoms with Gasteiger partial charge in [0.2, 0.25) is 5.91 Å². The summed E-state index contributed by atoms with van der Waals surface area (Å²) in [5.41, 5.74) is 6.92. The minimum atomic E-state index is 0.191. The number of hydrogen-bond acceptors (Lipinski definition) is 4. The zero-order chi connectivity index (χ0) is 16.8. The molecule has 1 aromatic rings. The molecule has 1 heterocycles. The molecule has 2 unspecified atom stereocenters. The van der Waals surface area contributed by atoms with Crippen molar-refractivity contribution < 1.29 is 14.3 Å². The van der Waals surface area contributed by atoms with E-state index in [-0.39, 0.29) is 11.9 Å². The van der Waals surface area contributed by atoms with Gasteiger partial charge in [-0.1, -0.05) is 13.0 Å². The van der Waals surface area contributed by atoms with Gasteiger partial charge in [-0.05, 0) is 42.9 Å². The van der Waals surface area contributed by atoms with Gasteiger partial charge in [0.05, 0.1) is 14.2 Å². The van der Waals surface area contributed by atoms with Crippen LogP contribution in [-0.4, -0.2) is 44.2 Å². The van der Waals surface area contributed by atoms with E-state index in [1.54, 1.807) is 14.2 Å². The highest BCUT2D eigenvalue weighted by molar-refractivity contribution is 5.77. The van der Waals surface area contributed by atoms with Crippen LogP contribution in [0, 0.1) is 5.92 Å². The normalized spacial score (nSPS) is 21.1. The van der Waals surface area contributed by atoms with Gasteiger partial charge in [0.15, 0.2) is 11.5 Å². The van der Waals surface area contributed by atoms with Crippen molar-refractivity contribution in [1.82, 2.24) is 4.90 Å². The third-order valence-corrected chi connectivity index (χ3v) is 4.65. The van der Waals surface area contributed by atoms with Gasteiger partial charge < -0.3 is 20.1 Å². The van der Waals surface area contributed by atoms with Gasteiger partial charge in [0, 0.05) is 25.6 Å². The molecule has 128 valence electrons. The summed E-state index contributed by atoms with van der Waals surface area (Å²) < 4.78 is 10.5. The maximum absolute atomic E-state index is 12.5. The summed E-state index contributed by atoms with van der Waals surface area (Å²) in [6.07, 6.45) is 3.28. The van der Waals surface area contributed by atoms with Crippen molar-refractivity contribution in [1.29, 1.82) is 0 Å². The summed E-state index contributed by atoms with van der Waals surface area (Å²) >= 11 is 0. The highest BCUT2D eigenvalue weighted by Crippen LogP contribution is 2.28. The Morgan fingerprint density at radius 1 is 1.30 bits per heavy atom. The first-order valence-electron chi connectivity index (χ1n) is 8.29. The second-order valence-electron chi connectivity index (χ2n) is 6.30. The molecule has 0 saturated carbocycles. The van der Waals surface area contributed by atoms with E-state index >= 15 is 0 Å². The number of methoxy groups -OCH3 is 2. The van der Waals surface area contributed by atoms with E-state index < -0.39 is 0 Å². The summed E-state index contributed by atoms with van der Waals surface area (Å²) in [4.78, 5) is 14.5. The van der Waals surface area contributed by atoms with Crippen molar-refractivity contribution in [3.8, 4) is 11.5 Å². The number of likely N-dealkylation sites (tertiary alicyclic amines) is 1. The lowest BCUT2D eigenvalue weighted by Gasteiger charge is -2.38. The third kappa shape index (κ3) is 4.38. The summed E-state index contributed by atoms with van der Waals surface area (Å²) in [6, 6.07) is 5.99. The number of piperidine rings is 1. The van der Waals surface area contributed by atoms with Gasteiger partial charge in [-0.15, -0.1) is 0 Å². The molecule has 1 fully saturated rings. The molecular weight excluding hydrogens is 292 g/mol. The largest absolute Gasteiger partial charge is 0.493 e. The molecule has 2 rings (SSSR count). The summed E-state index contributed by atoms with van der Waals surface area (Å²) in [6.45, 7) is 3.61. The van der Waals surface area contributed by atoms with E-state index in [0.29, 0.717) is 36.8 Å². The fourth-order valence-electron chi connectivity index (χ4n) is 3.23. The van der Waals surface area contributed by atoms with Crippen molar-refractivity contribution in [3.63, 3.8) is 0 Å². The minimum Gasteiger partial charge on any atom is -0.493 e. The predicted octanol–water partition coefficient (Wildman–Crippen LogP) is 2.22. The quantitative estimate of drug-likeness (QED) is 0.873. The molecule has 5 heteroatoms. The molecule has 1 aliphatic rings. The Balaban J connectivity index is 1.96. The molecule has 5 nitrogen and oxygen atoms in total. The van der Waals surface area contributed by atoms with E-state index in [4.69, 9.17) is 15.2 Å². The Hall–Kier alpha value is -1.75. The van der Waals surface area contributed by atoms with Crippen LogP contribution in [0.2, 0.25) is 0 Å². The number of aryl methyl sites for hydroxylation is 1. The standard InChI is InChI=1S/C18H28N2O3/c1-13-8-9-20(15(10-13)12-19)18(21)7-5-14-4-6-16(22-2)17(11-14)23-3/h4,6,11,13,15H,5,7-10,12,19H2,1-3H3. The number of carbonyl (C=O) groups is 1. The molecule has 0 aliphatic carbocycles.